The van der Waals surface area contributed by atoms with Crippen molar-refractivity contribution in [1.29, 1.82) is 0 Å². The molecule has 0 saturated carbocycles. The molecule has 3 heterocycles. The van der Waals surface area contributed by atoms with Gasteiger partial charge in [0.15, 0.2) is 0 Å². The maximum absolute atomic E-state index is 12.6. The SMILES string of the molecule is Cc1ccc(CC(=O)N2CCOCC(Cc3cc(=O)[nH]cn3)C2)s1. The molecule has 1 atom stereocenters. The van der Waals surface area contributed by atoms with Gasteiger partial charge < -0.3 is 14.6 Å². The Morgan fingerprint density at radius 3 is 3.12 bits per heavy atom. The van der Waals surface area contributed by atoms with Gasteiger partial charge in [0.05, 0.1) is 26.0 Å². The zero-order chi connectivity index (χ0) is 16.9. The van der Waals surface area contributed by atoms with E-state index in [1.807, 2.05) is 24.0 Å². The molecule has 24 heavy (non-hydrogen) atoms. The Morgan fingerprint density at radius 1 is 1.50 bits per heavy atom. The number of nitrogens with one attached hydrogen (secondary N) is 1. The summed E-state index contributed by atoms with van der Waals surface area (Å²) in [4.78, 5) is 34.9. The summed E-state index contributed by atoms with van der Waals surface area (Å²) >= 11 is 1.66. The summed E-state index contributed by atoms with van der Waals surface area (Å²) in [5.74, 6) is 0.280. The van der Waals surface area contributed by atoms with E-state index in [9.17, 15) is 9.59 Å². The van der Waals surface area contributed by atoms with Gasteiger partial charge >= 0.3 is 0 Å². The highest BCUT2D eigenvalue weighted by Gasteiger charge is 2.23. The van der Waals surface area contributed by atoms with Gasteiger partial charge in [-0.3, -0.25) is 9.59 Å². The first-order valence-corrected chi connectivity index (χ1v) is 8.86. The van der Waals surface area contributed by atoms with Gasteiger partial charge in [-0.25, -0.2) is 4.98 Å². The molecule has 0 spiro atoms. The molecule has 7 heteroatoms. The molecule has 0 aliphatic carbocycles. The van der Waals surface area contributed by atoms with E-state index in [4.69, 9.17) is 4.74 Å². The minimum absolute atomic E-state index is 0.131. The predicted octanol–water partition coefficient (Wildman–Crippen LogP) is 1.40. The van der Waals surface area contributed by atoms with Crippen molar-refractivity contribution in [3.8, 4) is 0 Å². The van der Waals surface area contributed by atoms with Gasteiger partial charge in [0.25, 0.3) is 5.56 Å². The third-order valence-electron chi connectivity index (χ3n) is 4.04. The van der Waals surface area contributed by atoms with E-state index >= 15 is 0 Å². The van der Waals surface area contributed by atoms with E-state index in [1.165, 1.54) is 17.3 Å². The largest absolute Gasteiger partial charge is 0.379 e. The van der Waals surface area contributed by atoms with Gasteiger partial charge in [0.1, 0.15) is 0 Å². The Balaban J connectivity index is 1.63. The number of amides is 1. The van der Waals surface area contributed by atoms with Crippen molar-refractivity contribution >= 4 is 17.2 Å². The number of nitrogens with zero attached hydrogens (tertiary/aromatic N) is 2. The van der Waals surface area contributed by atoms with Gasteiger partial charge in [0.2, 0.25) is 5.91 Å². The number of H-pyrrole nitrogens is 1. The Kier molecular flexibility index (Phi) is 5.42. The lowest BCUT2D eigenvalue weighted by Gasteiger charge is -2.23. The average Bonchev–Trinajstić information content (AvgIpc) is 2.81. The zero-order valence-electron chi connectivity index (χ0n) is 13.7. The molecule has 1 N–H and O–H groups in total. The van der Waals surface area contributed by atoms with Crippen molar-refractivity contribution < 1.29 is 9.53 Å². The number of thiophene rings is 1. The number of carbonyl (C=O) groups is 1. The lowest BCUT2D eigenvalue weighted by Crippen LogP contribution is -2.37. The van der Waals surface area contributed by atoms with Crippen LogP contribution in [0.15, 0.2) is 29.3 Å². The van der Waals surface area contributed by atoms with E-state index in [2.05, 4.69) is 9.97 Å². The van der Waals surface area contributed by atoms with Crippen LogP contribution in [-0.4, -0.2) is 47.1 Å². The highest BCUT2D eigenvalue weighted by molar-refractivity contribution is 7.12. The van der Waals surface area contributed by atoms with Crippen LogP contribution < -0.4 is 5.56 Å². The maximum atomic E-state index is 12.6. The third-order valence-corrected chi connectivity index (χ3v) is 5.05. The zero-order valence-corrected chi connectivity index (χ0v) is 14.5. The van der Waals surface area contributed by atoms with E-state index in [-0.39, 0.29) is 17.4 Å². The predicted molar refractivity (Wildman–Crippen MR) is 92.2 cm³/mol. The number of aromatic amines is 1. The number of hydrogen-bond donors (Lipinski definition) is 1. The van der Waals surface area contributed by atoms with E-state index in [0.717, 1.165) is 10.6 Å². The quantitative estimate of drug-likeness (QED) is 0.907. The molecule has 1 amide bonds. The Bertz CT molecular complexity index is 755. The first-order chi connectivity index (χ1) is 11.6. The number of carbonyl (C=O) groups excluding carboxylic acids is 1. The fourth-order valence-electron chi connectivity index (χ4n) is 2.89. The van der Waals surface area contributed by atoms with Crippen LogP contribution in [0, 0.1) is 12.8 Å². The first-order valence-electron chi connectivity index (χ1n) is 8.04. The van der Waals surface area contributed by atoms with Crippen molar-refractivity contribution in [2.75, 3.05) is 26.3 Å². The summed E-state index contributed by atoms with van der Waals surface area (Å²) in [5, 5.41) is 0. The molecule has 0 aromatic carbocycles. The van der Waals surface area contributed by atoms with Crippen molar-refractivity contribution in [1.82, 2.24) is 14.9 Å². The number of rotatable bonds is 4. The molecule has 1 aliphatic rings. The van der Waals surface area contributed by atoms with Crippen LogP contribution in [0.4, 0.5) is 0 Å². The molecule has 0 bridgehead atoms. The lowest BCUT2D eigenvalue weighted by atomic mass is 10.0. The molecule has 2 aromatic rings. The molecular weight excluding hydrogens is 326 g/mol. The van der Waals surface area contributed by atoms with Crippen molar-refractivity contribution in [3.63, 3.8) is 0 Å². The Morgan fingerprint density at radius 2 is 2.38 bits per heavy atom. The molecule has 0 radical (unpaired) electrons. The van der Waals surface area contributed by atoms with Gasteiger partial charge in [-0.05, 0) is 25.5 Å². The number of hydrogen-bond acceptors (Lipinski definition) is 5. The molecule has 6 nitrogen and oxygen atoms in total. The molecule has 3 rings (SSSR count). The molecule has 128 valence electrons. The second-order valence-corrected chi connectivity index (χ2v) is 7.45. The van der Waals surface area contributed by atoms with Gasteiger partial charge in [0, 0.05) is 40.5 Å². The van der Waals surface area contributed by atoms with Crippen molar-refractivity contribution in [2.45, 2.75) is 19.8 Å². The topological polar surface area (TPSA) is 75.3 Å². The molecule has 1 fully saturated rings. The van der Waals surface area contributed by atoms with Crippen LogP contribution in [0.1, 0.15) is 15.4 Å². The van der Waals surface area contributed by atoms with E-state index in [1.54, 1.807) is 11.3 Å². The van der Waals surface area contributed by atoms with Crippen LogP contribution in [-0.2, 0) is 22.4 Å². The lowest BCUT2D eigenvalue weighted by molar-refractivity contribution is -0.130. The standard InChI is InChI=1S/C17H21N3O3S/c1-12-2-3-15(24-12)8-17(22)20-4-5-23-10-13(9-20)6-14-7-16(21)19-11-18-14/h2-3,7,11,13H,4-6,8-10H2,1H3,(H,18,19,21). The minimum atomic E-state index is -0.157. The summed E-state index contributed by atoms with van der Waals surface area (Å²) in [6.45, 7) is 4.42. The van der Waals surface area contributed by atoms with Gasteiger partial charge in [-0.1, -0.05) is 0 Å². The summed E-state index contributed by atoms with van der Waals surface area (Å²) in [5.41, 5.74) is 0.575. The van der Waals surface area contributed by atoms with Gasteiger partial charge in [-0.15, -0.1) is 11.3 Å². The fourth-order valence-corrected chi connectivity index (χ4v) is 3.77. The maximum Gasteiger partial charge on any atom is 0.250 e. The summed E-state index contributed by atoms with van der Waals surface area (Å²) in [7, 11) is 0. The van der Waals surface area contributed by atoms with Crippen LogP contribution in [0.5, 0.6) is 0 Å². The second-order valence-electron chi connectivity index (χ2n) is 6.08. The second kappa shape index (κ2) is 7.72. The van der Waals surface area contributed by atoms with Crippen molar-refractivity contribution in [3.05, 3.63) is 50.3 Å². The van der Waals surface area contributed by atoms with E-state index < -0.39 is 0 Å². The highest BCUT2D eigenvalue weighted by atomic mass is 32.1. The van der Waals surface area contributed by atoms with E-state index in [0.29, 0.717) is 39.1 Å². The molecule has 1 aliphatic heterocycles. The smallest absolute Gasteiger partial charge is 0.250 e. The minimum Gasteiger partial charge on any atom is -0.379 e. The fraction of sp³-hybridized carbons (Fsp3) is 0.471. The van der Waals surface area contributed by atoms with Crippen LogP contribution in [0.25, 0.3) is 0 Å². The number of aromatic nitrogens is 2. The summed E-state index contributed by atoms with van der Waals surface area (Å²) < 4.78 is 5.64. The van der Waals surface area contributed by atoms with Crippen LogP contribution in [0.3, 0.4) is 0 Å². The molecule has 1 unspecified atom stereocenters. The van der Waals surface area contributed by atoms with Gasteiger partial charge in [-0.2, -0.15) is 0 Å². The monoisotopic (exact) mass is 347 g/mol. The Hall–Kier alpha value is -1.99. The highest BCUT2D eigenvalue weighted by Crippen LogP contribution is 2.18. The normalized spacial score (nSPS) is 18.4. The molecule has 2 aromatic heterocycles. The average molecular weight is 347 g/mol. The van der Waals surface area contributed by atoms with Crippen molar-refractivity contribution in [2.24, 2.45) is 5.92 Å². The summed E-state index contributed by atoms with van der Waals surface area (Å²) in [6.07, 6.45) is 2.48. The molecule has 1 saturated heterocycles. The Labute approximate surface area is 144 Å². The van der Waals surface area contributed by atoms with Crippen LogP contribution in [0.2, 0.25) is 0 Å². The van der Waals surface area contributed by atoms with Crippen LogP contribution >= 0.6 is 11.3 Å². The first kappa shape index (κ1) is 16.9. The number of ether oxygens (including phenoxy) is 1. The molecular formula is C17H21N3O3S. The third kappa shape index (κ3) is 4.52. The summed E-state index contributed by atoms with van der Waals surface area (Å²) in [6, 6.07) is 5.57. The number of aryl methyl sites for hydroxylation is 1.